The minimum absolute atomic E-state index is 0.0379. The highest BCUT2D eigenvalue weighted by atomic mass is 35.5. The van der Waals surface area contributed by atoms with E-state index in [4.69, 9.17) is 22.1 Å². The van der Waals surface area contributed by atoms with E-state index in [0.29, 0.717) is 0 Å². The maximum atomic E-state index is 11.9. The zero-order valence-electron chi connectivity index (χ0n) is 9.96. The van der Waals surface area contributed by atoms with E-state index in [9.17, 15) is 22.8 Å². The predicted molar refractivity (Wildman–Crippen MR) is 64.5 cm³/mol. The maximum Gasteiger partial charge on any atom is 0.405 e. The molecule has 1 rings (SSSR count). The van der Waals surface area contributed by atoms with E-state index in [0.717, 1.165) is 0 Å². The number of primary amides is 1. The summed E-state index contributed by atoms with van der Waals surface area (Å²) in [5.41, 5.74) is 5.01. The molecular formula is C11H10ClF3N2O3. The largest absolute Gasteiger partial charge is 0.483 e. The Morgan fingerprint density at radius 3 is 2.55 bits per heavy atom. The summed E-state index contributed by atoms with van der Waals surface area (Å²) in [6, 6.07) is 3.91. The summed E-state index contributed by atoms with van der Waals surface area (Å²) in [6.07, 6.45) is -4.51. The van der Waals surface area contributed by atoms with Gasteiger partial charge in [0.2, 0.25) is 0 Å². The van der Waals surface area contributed by atoms with Crippen molar-refractivity contribution in [2.75, 3.05) is 13.2 Å². The molecule has 5 nitrogen and oxygen atoms in total. The summed E-state index contributed by atoms with van der Waals surface area (Å²) < 4.78 is 40.5. The molecule has 0 aliphatic heterocycles. The van der Waals surface area contributed by atoms with E-state index in [1.54, 1.807) is 5.32 Å². The Kier molecular flexibility index (Phi) is 5.20. The Hall–Kier alpha value is -1.96. The molecule has 0 radical (unpaired) electrons. The Labute approximate surface area is 116 Å². The molecule has 3 N–H and O–H groups in total. The Morgan fingerprint density at radius 2 is 2.00 bits per heavy atom. The van der Waals surface area contributed by atoms with E-state index in [1.807, 2.05) is 0 Å². The maximum absolute atomic E-state index is 11.9. The van der Waals surface area contributed by atoms with Crippen LogP contribution in [-0.4, -0.2) is 31.1 Å². The number of amides is 2. The number of carbonyl (C=O) groups excluding carboxylic acids is 2. The Bertz CT molecular complexity index is 520. The fourth-order valence-electron chi connectivity index (χ4n) is 1.21. The zero-order chi connectivity index (χ0) is 15.3. The number of hydrogen-bond donors (Lipinski definition) is 2. The molecule has 0 saturated heterocycles. The lowest BCUT2D eigenvalue weighted by Gasteiger charge is -2.11. The number of benzene rings is 1. The minimum atomic E-state index is -4.51. The summed E-state index contributed by atoms with van der Waals surface area (Å²) in [5.74, 6) is -1.85. The molecule has 0 unspecified atom stereocenters. The van der Waals surface area contributed by atoms with E-state index in [2.05, 4.69) is 0 Å². The van der Waals surface area contributed by atoms with E-state index in [1.165, 1.54) is 18.2 Å². The predicted octanol–water partition coefficient (Wildman–Crippen LogP) is 1.50. The Balaban J connectivity index is 2.62. The van der Waals surface area contributed by atoms with Crippen LogP contribution in [0.25, 0.3) is 0 Å². The average molecular weight is 311 g/mol. The molecule has 0 fully saturated rings. The van der Waals surface area contributed by atoms with Crippen LogP contribution in [0, 0.1) is 0 Å². The topological polar surface area (TPSA) is 81.4 Å². The molecule has 0 atom stereocenters. The van der Waals surface area contributed by atoms with Crippen molar-refractivity contribution in [2.24, 2.45) is 5.73 Å². The van der Waals surface area contributed by atoms with Gasteiger partial charge in [0.15, 0.2) is 6.61 Å². The molecule has 110 valence electrons. The van der Waals surface area contributed by atoms with Crippen molar-refractivity contribution in [3.05, 3.63) is 28.8 Å². The third-order valence-corrected chi connectivity index (χ3v) is 2.29. The van der Waals surface area contributed by atoms with Gasteiger partial charge in [0, 0.05) is 5.02 Å². The molecule has 0 aromatic heterocycles. The van der Waals surface area contributed by atoms with Gasteiger partial charge >= 0.3 is 6.18 Å². The summed E-state index contributed by atoms with van der Waals surface area (Å²) in [5, 5.41) is 1.85. The molecule has 1 aromatic carbocycles. The van der Waals surface area contributed by atoms with Gasteiger partial charge in [-0.25, -0.2) is 0 Å². The van der Waals surface area contributed by atoms with Crippen LogP contribution >= 0.6 is 11.6 Å². The van der Waals surface area contributed by atoms with Crippen molar-refractivity contribution < 1.29 is 27.5 Å². The number of ether oxygens (including phenoxy) is 1. The van der Waals surface area contributed by atoms with Crippen LogP contribution in [0.15, 0.2) is 18.2 Å². The molecular weight excluding hydrogens is 301 g/mol. The molecule has 9 heteroatoms. The quantitative estimate of drug-likeness (QED) is 0.864. The summed E-state index contributed by atoms with van der Waals surface area (Å²) in [6.45, 7) is -2.14. The van der Waals surface area contributed by atoms with Gasteiger partial charge in [-0.3, -0.25) is 9.59 Å². The first kappa shape index (κ1) is 16.1. The van der Waals surface area contributed by atoms with Gasteiger partial charge in [-0.15, -0.1) is 0 Å². The fourth-order valence-corrected chi connectivity index (χ4v) is 1.39. The van der Waals surface area contributed by atoms with Crippen LogP contribution in [0.5, 0.6) is 5.75 Å². The lowest BCUT2D eigenvalue weighted by molar-refractivity contribution is -0.139. The van der Waals surface area contributed by atoms with Crippen LogP contribution in [0.3, 0.4) is 0 Å². The normalized spacial score (nSPS) is 11.0. The standard InChI is InChI=1S/C11H10ClF3N2O3/c12-6-1-2-8(7(3-6)10(16)19)20-4-9(18)17-5-11(13,14)15/h1-3H,4-5H2,(H2,16,19)(H,17,18). The first-order valence-electron chi connectivity index (χ1n) is 5.24. The number of rotatable bonds is 5. The second-order valence-corrected chi connectivity index (χ2v) is 4.12. The number of nitrogens with two attached hydrogens (primary N) is 1. The third-order valence-electron chi connectivity index (χ3n) is 2.05. The summed E-state index contributed by atoms with van der Waals surface area (Å²) >= 11 is 5.66. The lowest BCUT2D eigenvalue weighted by atomic mass is 10.2. The molecule has 0 heterocycles. The first-order chi connectivity index (χ1) is 9.19. The van der Waals surface area contributed by atoms with Crippen molar-refractivity contribution in [3.63, 3.8) is 0 Å². The Morgan fingerprint density at radius 1 is 1.35 bits per heavy atom. The molecule has 0 aliphatic rings. The molecule has 0 saturated carbocycles. The summed E-state index contributed by atoms with van der Waals surface area (Å²) in [4.78, 5) is 22.2. The first-order valence-corrected chi connectivity index (χ1v) is 5.62. The number of hydrogen-bond acceptors (Lipinski definition) is 3. The molecule has 2 amide bonds. The van der Waals surface area contributed by atoms with Crippen molar-refractivity contribution in [1.82, 2.24) is 5.32 Å². The highest BCUT2D eigenvalue weighted by molar-refractivity contribution is 6.31. The molecule has 1 aromatic rings. The van der Waals surface area contributed by atoms with Crippen LogP contribution in [-0.2, 0) is 4.79 Å². The highest BCUT2D eigenvalue weighted by Gasteiger charge is 2.27. The van der Waals surface area contributed by atoms with Crippen molar-refractivity contribution in [3.8, 4) is 5.75 Å². The average Bonchev–Trinajstić information content (AvgIpc) is 2.33. The van der Waals surface area contributed by atoms with Gasteiger partial charge in [-0.2, -0.15) is 13.2 Å². The molecule has 20 heavy (non-hydrogen) atoms. The minimum Gasteiger partial charge on any atom is -0.483 e. The van der Waals surface area contributed by atoms with Gasteiger partial charge in [-0.1, -0.05) is 11.6 Å². The smallest absolute Gasteiger partial charge is 0.405 e. The molecule has 0 bridgehead atoms. The third kappa shape index (κ3) is 5.35. The fraction of sp³-hybridized carbons (Fsp3) is 0.273. The van der Waals surface area contributed by atoms with Gasteiger partial charge < -0.3 is 15.8 Å². The van der Waals surface area contributed by atoms with Crippen molar-refractivity contribution in [2.45, 2.75) is 6.18 Å². The van der Waals surface area contributed by atoms with Gasteiger partial charge in [-0.05, 0) is 18.2 Å². The van der Waals surface area contributed by atoms with Gasteiger partial charge in [0.25, 0.3) is 11.8 Å². The van der Waals surface area contributed by atoms with Crippen LogP contribution in [0.2, 0.25) is 5.02 Å². The lowest BCUT2D eigenvalue weighted by Crippen LogP contribution is -2.36. The highest BCUT2D eigenvalue weighted by Crippen LogP contribution is 2.22. The van der Waals surface area contributed by atoms with E-state index < -0.39 is 31.1 Å². The number of halogens is 4. The monoisotopic (exact) mass is 310 g/mol. The van der Waals surface area contributed by atoms with Crippen LogP contribution in [0.4, 0.5) is 13.2 Å². The second-order valence-electron chi connectivity index (χ2n) is 3.69. The van der Waals surface area contributed by atoms with Crippen LogP contribution < -0.4 is 15.8 Å². The van der Waals surface area contributed by atoms with Gasteiger partial charge in [0.05, 0.1) is 5.56 Å². The van der Waals surface area contributed by atoms with Crippen molar-refractivity contribution in [1.29, 1.82) is 0 Å². The van der Waals surface area contributed by atoms with Crippen LogP contribution in [0.1, 0.15) is 10.4 Å². The molecule has 0 aliphatic carbocycles. The summed E-state index contributed by atoms with van der Waals surface area (Å²) in [7, 11) is 0. The second kappa shape index (κ2) is 6.47. The van der Waals surface area contributed by atoms with E-state index >= 15 is 0 Å². The van der Waals surface area contributed by atoms with Crippen molar-refractivity contribution >= 4 is 23.4 Å². The number of alkyl halides is 3. The van der Waals surface area contributed by atoms with E-state index in [-0.39, 0.29) is 16.3 Å². The SMILES string of the molecule is NC(=O)c1cc(Cl)ccc1OCC(=O)NCC(F)(F)F. The zero-order valence-corrected chi connectivity index (χ0v) is 10.7. The molecule has 0 spiro atoms. The van der Waals surface area contributed by atoms with Gasteiger partial charge in [0.1, 0.15) is 12.3 Å². The number of carbonyl (C=O) groups is 2. The number of nitrogens with one attached hydrogen (secondary N) is 1.